The molecule has 20 heavy (non-hydrogen) atoms. The molecule has 1 amide bonds. The van der Waals surface area contributed by atoms with Crippen LogP contribution in [0.15, 0.2) is 36.5 Å². The number of amides is 1. The lowest BCUT2D eigenvalue weighted by Gasteiger charge is -2.02. The minimum Gasteiger partial charge on any atom is -0.384 e. The third-order valence-corrected chi connectivity index (χ3v) is 3.48. The van der Waals surface area contributed by atoms with Gasteiger partial charge in [-0.05, 0) is 24.3 Å². The van der Waals surface area contributed by atoms with Gasteiger partial charge >= 0.3 is 0 Å². The van der Waals surface area contributed by atoms with Crippen LogP contribution in [0.1, 0.15) is 15.4 Å². The highest BCUT2D eigenvalue weighted by Crippen LogP contribution is 2.14. The van der Waals surface area contributed by atoms with Crippen LogP contribution < -0.4 is 5.32 Å². The van der Waals surface area contributed by atoms with Crippen LogP contribution in [0.4, 0.5) is 0 Å². The highest BCUT2D eigenvalue weighted by atomic mass is 32.1. The molecule has 102 valence electrons. The van der Waals surface area contributed by atoms with E-state index in [1.54, 1.807) is 6.20 Å². The molecule has 2 rings (SSSR count). The molecule has 2 aromatic rings. The molecule has 2 heterocycles. The number of thiophene rings is 1. The van der Waals surface area contributed by atoms with E-state index in [9.17, 15) is 4.79 Å². The zero-order valence-corrected chi connectivity index (χ0v) is 11.6. The zero-order chi connectivity index (χ0) is 14.2. The Labute approximate surface area is 121 Å². The third kappa shape index (κ3) is 4.50. The fourth-order valence-corrected chi connectivity index (χ4v) is 2.40. The largest absolute Gasteiger partial charge is 0.384 e. The SMILES string of the molecule is O=C(Cc1ccccn1)NCc1ccc(C#CCO)s1. The molecule has 5 heteroatoms. The molecule has 0 saturated carbocycles. The quantitative estimate of drug-likeness (QED) is 0.834. The molecular formula is C15H14N2O2S. The molecule has 0 atom stereocenters. The van der Waals surface area contributed by atoms with Gasteiger partial charge in [0.15, 0.2) is 0 Å². The first-order chi connectivity index (χ1) is 9.78. The Balaban J connectivity index is 1.83. The number of aliphatic hydroxyl groups is 1. The Morgan fingerprint density at radius 2 is 2.25 bits per heavy atom. The average molecular weight is 286 g/mol. The van der Waals surface area contributed by atoms with Crippen molar-refractivity contribution in [3.63, 3.8) is 0 Å². The normalized spacial score (nSPS) is 9.65. The van der Waals surface area contributed by atoms with Crippen LogP contribution in [-0.4, -0.2) is 22.6 Å². The van der Waals surface area contributed by atoms with Gasteiger partial charge in [-0.1, -0.05) is 17.9 Å². The molecule has 0 aromatic carbocycles. The second kappa shape index (κ2) is 7.43. The predicted octanol–water partition coefficient (Wildman–Crippen LogP) is 1.35. The van der Waals surface area contributed by atoms with Gasteiger partial charge < -0.3 is 10.4 Å². The second-order valence-electron chi connectivity index (χ2n) is 4.00. The van der Waals surface area contributed by atoms with Gasteiger partial charge in [-0.3, -0.25) is 9.78 Å². The van der Waals surface area contributed by atoms with Crippen LogP contribution >= 0.6 is 11.3 Å². The van der Waals surface area contributed by atoms with E-state index in [0.29, 0.717) is 6.54 Å². The maximum atomic E-state index is 11.8. The molecule has 0 fully saturated rings. The molecule has 0 radical (unpaired) electrons. The van der Waals surface area contributed by atoms with Crippen molar-refractivity contribution in [2.24, 2.45) is 0 Å². The van der Waals surface area contributed by atoms with E-state index >= 15 is 0 Å². The number of hydrogen-bond acceptors (Lipinski definition) is 4. The number of aromatic nitrogens is 1. The van der Waals surface area contributed by atoms with Gasteiger partial charge in [0.1, 0.15) is 6.61 Å². The number of hydrogen-bond donors (Lipinski definition) is 2. The fourth-order valence-electron chi connectivity index (χ4n) is 1.58. The summed E-state index contributed by atoms with van der Waals surface area (Å²) in [4.78, 5) is 17.8. The van der Waals surface area contributed by atoms with Gasteiger partial charge in [0.25, 0.3) is 0 Å². The lowest BCUT2D eigenvalue weighted by atomic mass is 10.2. The van der Waals surface area contributed by atoms with Gasteiger partial charge in [-0.15, -0.1) is 11.3 Å². The molecule has 0 saturated heterocycles. The third-order valence-electron chi connectivity index (χ3n) is 2.48. The van der Waals surface area contributed by atoms with Crippen LogP contribution in [0.5, 0.6) is 0 Å². The summed E-state index contributed by atoms with van der Waals surface area (Å²) in [6.45, 7) is 0.338. The van der Waals surface area contributed by atoms with Crippen LogP contribution in [-0.2, 0) is 17.8 Å². The van der Waals surface area contributed by atoms with E-state index in [1.807, 2.05) is 30.3 Å². The van der Waals surface area contributed by atoms with E-state index in [-0.39, 0.29) is 18.9 Å². The van der Waals surface area contributed by atoms with Crippen molar-refractivity contribution in [1.82, 2.24) is 10.3 Å². The topological polar surface area (TPSA) is 62.2 Å². The van der Waals surface area contributed by atoms with Crippen molar-refractivity contribution < 1.29 is 9.90 Å². The van der Waals surface area contributed by atoms with E-state index in [4.69, 9.17) is 5.11 Å². The van der Waals surface area contributed by atoms with Crippen molar-refractivity contribution in [3.8, 4) is 11.8 Å². The highest BCUT2D eigenvalue weighted by Gasteiger charge is 2.05. The molecule has 0 unspecified atom stereocenters. The molecule has 0 aliphatic heterocycles. The second-order valence-corrected chi connectivity index (χ2v) is 5.17. The number of rotatable bonds is 4. The molecule has 2 aromatic heterocycles. The number of nitrogens with one attached hydrogen (secondary N) is 1. The summed E-state index contributed by atoms with van der Waals surface area (Å²) >= 11 is 1.51. The van der Waals surface area contributed by atoms with Gasteiger partial charge in [-0.2, -0.15) is 0 Å². The summed E-state index contributed by atoms with van der Waals surface area (Å²) in [5, 5.41) is 11.5. The first kappa shape index (κ1) is 14.3. The van der Waals surface area contributed by atoms with Gasteiger partial charge in [0.2, 0.25) is 5.91 Å². The summed E-state index contributed by atoms with van der Waals surface area (Å²) in [5.41, 5.74) is 0.755. The molecule has 2 N–H and O–H groups in total. The number of aliphatic hydroxyl groups excluding tert-OH is 1. The summed E-state index contributed by atoms with van der Waals surface area (Å²) in [6.07, 6.45) is 1.96. The van der Waals surface area contributed by atoms with Gasteiger partial charge in [0, 0.05) is 16.8 Å². The first-order valence-electron chi connectivity index (χ1n) is 6.13. The smallest absolute Gasteiger partial charge is 0.226 e. The molecule has 0 aliphatic carbocycles. The Kier molecular flexibility index (Phi) is 5.30. The van der Waals surface area contributed by atoms with Crippen LogP contribution in [0.25, 0.3) is 0 Å². The van der Waals surface area contributed by atoms with Crippen molar-refractivity contribution in [2.45, 2.75) is 13.0 Å². The lowest BCUT2D eigenvalue weighted by Crippen LogP contribution is -2.24. The lowest BCUT2D eigenvalue weighted by molar-refractivity contribution is -0.120. The Hall–Kier alpha value is -2.16. The fraction of sp³-hybridized carbons (Fsp3) is 0.200. The zero-order valence-electron chi connectivity index (χ0n) is 10.8. The van der Waals surface area contributed by atoms with Gasteiger partial charge in [-0.25, -0.2) is 0 Å². The summed E-state index contributed by atoms with van der Waals surface area (Å²) in [5.74, 6) is 5.38. The monoisotopic (exact) mass is 286 g/mol. The molecule has 0 aliphatic rings. The molecule has 0 spiro atoms. The maximum absolute atomic E-state index is 11.8. The summed E-state index contributed by atoms with van der Waals surface area (Å²) < 4.78 is 0. The summed E-state index contributed by atoms with van der Waals surface area (Å²) in [6, 6.07) is 9.32. The average Bonchev–Trinajstić information content (AvgIpc) is 2.92. The molecule has 0 bridgehead atoms. The predicted molar refractivity (Wildman–Crippen MR) is 78.1 cm³/mol. The van der Waals surface area contributed by atoms with Crippen molar-refractivity contribution >= 4 is 17.2 Å². The summed E-state index contributed by atoms with van der Waals surface area (Å²) in [7, 11) is 0. The Morgan fingerprint density at radius 1 is 1.35 bits per heavy atom. The van der Waals surface area contributed by atoms with E-state index in [0.717, 1.165) is 15.4 Å². The molecular weight excluding hydrogens is 272 g/mol. The van der Waals surface area contributed by atoms with Crippen LogP contribution in [0.3, 0.4) is 0 Å². The standard InChI is InChI=1S/C15H14N2O2S/c18-9-3-5-13-6-7-14(20-13)11-17-15(19)10-12-4-1-2-8-16-12/h1-2,4,6-8,18H,9-11H2,(H,17,19). The van der Waals surface area contributed by atoms with Crippen LogP contribution in [0, 0.1) is 11.8 Å². The number of carbonyl (C=O) groups is 1. The molecule has 4 nitrogen and oxygen atoms in total. The van der Waals surface area contributed by atoms with Crippen molar-refractivity contribution in [1.29, 1.82) is 0 Å². The first-order valence-corrected chi connectivity index (χ1v) is 6.94. The van der Waals surface area contributed by atoms with E-state index in [1.165, 1.54) is 11.3 Å². The van der Waals surface area contributed by atoms with Crippen molar-refractivity contribution in [2.75, 3.05) is 6.61 Å². The van der Waals surface area contributed by atoms with E-state index in [2.05, 4.69) is 22.1 Å². The highest BCUT2D eigenvalue weighted by molar-refractivity contribution is 7.12. The number of pyridine rings is 1. The Morgan fingerprint density at radius 3 is 3.00 bits per heavy atom. The van der Waals surface area contributed by atoms with Crippen LogP contribution in [0.2, 0.25) is 0 Å². The number of nitrogens with zero attached hydrogens (tertiary/aromatic N) is 1. The van der Waals surface area contributed by atoms with E-state index < -0.39 is 0 Å². The van der Waals surface area contributed by atoms with Gasteiger partial charge in [0.05, 0.1) is 17.8 Å². The maximum Gasteiger partial charge on any atom is 0.226 e. The Bertz CT molecular complexity index is 626. The minimum absolute atomic E-state index is 0.0555. The number of carbonyl (C=O) groups excluding carboxylic acids is 1. The minimum atomic E-state index is -0.145. The van der Waals surface area contributed by atoms with Crippen molar-refractivity contribution in [3.05, 3.63) is 52.0 Å².